The molecule has 3 rings (SSSR count). The Balaban J connectivity index is 2.14. The molecule has 182 valence electrons. The van der Waals surface area contributed by atoms with Gasteiger partial charge in [-0.25, -0.2) is 34.4 Å². The van der Waals surface area contributed by atoms with E-state index in [-0.39, 0.29) is 10.6 Å². The third kappa shape index (κ3) is 5.30. The summed E-state index contributed by atoms with van der Waals surface area (Å²) in [6.45, 7) is 1.59. The molecule has 3 aromatic rings. The van der Waals surface area contributed by atoms with Gasteiger partial charge in [0.25, 0.3) is 0 Å². The van der Waals surface area contributed by atoms with Gasteiger partial charge in [0, 0.05) is 12.1 Å². The molecule has 0 spiro atoms. The number of sulfone groups is 2. The van der Waals surface area contributed by atoms with E-state index in [1.165, 1.54) is 49.6 Å². The van der Waals surface area contributed by atoms with E-state index in [1.807, 2.05) is 0 Å². The first-order valence-corrected chi connectivity index (χ1v) is 14.6. The molecule has 0 aliphatic rings. The number of hydrogen-bond donors (Lipinski definition) is 1. The van der Waals surface area contributed by atoms with Gasteiger partial charge < -0.3 is 4.74 Å². The van der Waals surface area contributed by atoms with Crippen LogP contribution in [0.25, 0.3) is 0 Å². The van der Waals surface area contributed by atoms with Crippen molar-refractivity contribution < 1.29 is 34.4 Å². The number of rotatable bonds is 8. The average molecular weight is 528 g/mol. The molecule has 0 radical (unpaired) electrons. The average Bonchev–Trinajstić information content (AvgIpc) is 2.77. The van der Waals surface area contributed by atoms with E-state index in [9.17, 15) is 29.6 Å². The molecule has 0 amide bonds. The van der Waals surface area contributed by atoms with Crippen LogP contribution in [-0.4, -0.2) is 38.6 Å². The van der Waals surface area contributed by atoms with Gasteiger partial charge in [-0.3, -0.25) is 0 Å². The van der Waals surface area contributed by atoms with E-state index < -0.39 is 56.2 Å². The van der Waals surface area contributed by atoms with Gasteiger partial charge >= 0.3 is 0 Å². The van der Waals surface area contributed by atoms with Crippen molar-refractivity contribution in [1.82, 2.24) is 4.72 Å². The van der Waals surface area contributed by atoms with Crippen molar-refractivity contribution >= 4 is 29.7 Å². The zero-order valence-corrected chi connectivity index (χ0v) is 20.8. The van der Waals surface area contributed by atoms with Crippen LogP contribution in [0.4, 0.5) is 4.39 Å². The summed E-state index contributed by atoms with van der Waals surface area (Å²) in [4.78, 5) is -2.08. The zero-order chi connectivity index (χ0) is 25.3. The fourth-order valence-electron chi connectivity index (χ4n) is 3.28. The van der Waals surface area contributed by atoms with Crippen LogP contribution in [0.3, 0.4) is 0 Å². The van der Waals surface area contributed by atoms with Crippen molar-refractivity contribution in [2.45, 2.75) is 32.5 Å². The number of halogens is 1. The predicted molar refractivity (Wildman–Crippen MR) is 123 cm³/mol. The number of benzene rings is 3. The minimum atomic E-state index is -4.58. The molecule has 0 aliphatic heterocycles. The second kappa shape index (κ2) is 9.45. The highest BCUT2D eigenvalue weighted by Gasteiger charge is 2.31. The standard InChI is InChI=1S/C22H22FNO7S3/c1-15(24-32(3,25)26)16-8-11-18(12-9-16)33(27,28)21-13-10-17(31-2)14-22(21)34(29,30)20-7-5-4-6-19(20)23/h4-15,24H,1-3H3/t15-/m0/s1. The van der Waals surface area contributed by atoms with Crippen LogP contribution in [0.5, 0.6) is 5.75 Å². The van der Waals surface area contributed by atoms with Gasteiger partial charge in [-0.2, -0.15) is 0 Å². The summed E-state index contributed by atoms with van der Waals surface area (Å²) in [6.07, 6.45) is 1.00. The quantitative estimate of drug-likeness (QED) is 0.477. The van der Waals surface area contributed by atoms with Crippen LogP contribution < -0.4 is 9.46 Å². The van der Waals surface area contributed by atoms with Crippen LogP contribution in [0, 0.1) is 5.82 Å². The van der Waals surface area contributed by atoms with Crippen molar-refractivity contribution in [3.8, 4) is 5.75 Å². The monoisotopic (exact) mass is 527 g/mol. The molecule has 3 aromatic carbocycles. The molecule has 12 heteroatoms. The summed E-state index contributed by atoms with van der Waals surface area (Å²) in [5.74, 6) is -0.949. The topological polar surface area (TPSA) is 124 Å². The molecule has 34 heavy (non-hydrogen) atoms. The second-order valence-electron chi connectivity index (χ2n) is 7.43. The minimum absolute atomic E-state index is 0.0740. The SMILES string of the molecule is COc1ccc(S(=O)(=O)c2ccc([C@H](C)NS(C)(=O)=O)cc2)c(S(=O)(=O)c2ccccc2F)c1. The van der Waals surface area contributed by atoms with Crippen LogP contribution in [0.2, 0.25) is 0 Å². The van der Waals surface area contributed by atoms with Crippen LogP contribution in [0.15, 0.2) is 86.3 Å². The molecule has 0 fully saturated rings. The molecule has 0 heterocycles. The van der Waals surface area contributed by atoms with Crippen molar-refractivity contribution in [1.29, 1.82) is 0 Å². The van der Waals surface area contributed by atoms with Gasteiger partial charge in [0.1, 0.15) is 16.5 Å². The second-order valence-corrected chi connectivity index (χ2v) is 13.0. The molecule has 0 saturated carbocycles. The molecule has 0 aromatic heterocycles. The van der Waals surface area contributed by atoms with Gasteiger partial charge in [0.2, 0.25) is 29.7 Å². The molecule has 1 atom stereocenters. The number of ether oxygens (including phenoxy) is 1. The maximum Gasteiger partial charge on any atom is 0.210 e. The summed E-state index contributed by atoms with van der Waals surface area (Å²) >= 11 is 0. The van der Waals surface area contributed by atoms with Crippen molar-refractivity contribution in [2.75, 3.05) is 13.4 Å². The minimum Gasteiger partial charge on any atom is -0.497 e. The lowest BCUT2D eigenvalue weighted by molar-refractivity contribution is 0.412. The summed E-state index contributed by atoms with van der Waals surface area (Å²) in [7, 11) is -11.2. The number of methoxy groups -OCH3 is 1. The molecule has 8 nitrogen and oxygen atoms in total. The highest BCUT2D eigenvalue weighted by atomic mass is 32.2. The number of nitrogens with one attached hydrogen (secondary N) is 1. The summed E-state index contributed by atoms with van der Waals surface area (Å²) in [6, 6.07) is 12.8. The van der Waals surface area contributed by atoms with E-state index in [4.69, 9.17) is 4.74 Å². The summed E-state index contributed by atoms with van der Waals surface area (Å²) in [5.41, 5.74) is 0.498. The molecule has 0 saturated heterocycles. The molecule has 0 bridgehead atoms. The first kappa shape index (κ1) is 25.8. The lowest BCUT2D eigenvalue weighted by Gasteiger charge is -2.15. The van der Waals surface area contributed by atoms with E-state index in [1.54, 1.807) is 6.92 Å². The highest BCUT2D eigenvalue weighted by Crippen LogP contribution is 2.34. The van der Waals surface area contributed by atoms with Crippen LogP contribution in [0.1, 0.15) is 18.5 Å². The first-order valence-electron chi connectivity index (χ1n) is 9.77. The Hall–Kier alpha value is -2.80. The van der Waals surface area contributed by atoms with Crippen molar-refractivity contribution in [2.24, 2.45) is 0 Å². The van der Waals surface area contributed by atoms with Gasteiger partial charge in [-0.05, 0) is 48.9 Å². The Bertz CT molecular complexity index is 1530. The largest absolute Gasteiger partial charge is 0.497 e. The fraction of sp³-hybridized carbons (Fsp3) is 0.182. The maximum atomic E-state index is 14.3. The Morgan fingerprint density at radius 1 is 0.794 bits per heavy atom. The molecule has 1 N–H and O–H groups in total. The summed E-state index contributed by atoms with van der Waals surface area (Å²) < 4.78 is 98.1. The van der Waals surface area contributed by atoms with E-state index >= 15 is 0 Å². The first-order chi connectivity index (χ1) is 15.8. The van der Waals surface area contributed by atoms with E-state index in [0.29, 0.717) is 5.56 Å². The van der Waals surface area contributed by atoms with Gasteiger partial charge in [-0.15, -0.1) is 0 Å². The normalized spacial score (nSPS) is 13.4. The highest BCUT2D eigenvalue weighted by molar-refractivity contribution is 7.94. The lowest BCUT2D eigenvalue weighted by atomic mass is 10.1. The van der Waals surface area contributed by atoms with Gasteiger partial charge in [0.15, 0.2) is 0 Å². The van der Waals surface area contributed by atoms with E-state index in [0.717, 1.165) is 30.5 Å². The number of sulfonamides is 1. The molecular weight excluding hydrogens is 505 g/mol. The Labute approximate surface area is 198 Å². The van der Waals surface area contributed by atoms with Crippen molar-refractivity contribution in [3.63, 3.8) is 0 Å². The Morgan fingerprint density at radius 2 is 1.41 bits per heavy atom. The smallest absolute Gasteiger partial charge is 0.210 e. The Morgan fingerprint density at radius 3 is 1.97 bits per heavy atom. The van der Waals surface area contributed by atoms with Crippen molar-refractivity contribution in [3.05, 3.63) is 78.1 Å². The van der Waals surface area contributed by atoms with E-state index in [2.05, 4.69) is 4.72 Å². The van der Waals surface area contributed by atoms with Gasteiger partial charge in [0.05, 0.1) is 28.1 Å². The van der Waals surface area contributed by atoms with Crippen LogP contribution >= 0.6 is 0 Å². The lowest BCUT2D eigenvalue weighted by Crippen LogP contribution is -2.25. The number of hydrogen-bond acceptors (Lipinski definition) is 7. The third-order valence-electron chi connectivity index (χ3n) is 4.94. The Kier molecular flexibility index (Phi) is 7.18. The summed E-state index contributed by atoms with van der Waals surface area (Å²) in [5, 5.41) is 0. The fourth-order valence-corrected chi connectivity index (χ4v) is 7.46. The molecular formula is C22H22FNO7S3. The molecule has 0 unspecified atom stereocenters. The van der Waals surface area contributed by atoms with Crippen LogP contribution in [-0.2, 0) is 29.7 Å². The van der Waals surface area contributed by atoms with Gasteiger partial charge in [-0.1, -0.05) is 24.3 Å². The third-order valence-corrected chi connectivity index (χ3v) is 9.50. The zero-order valence-electron chi connectivity index (χ0n) is 18.4. The molecule has 0 aliphatic carbocycles. The maximum absolute atomic E-state index is 14.3. The predicted octanol–water partition coefficient (Wildman–Crippen LogP) is 3.11.